The van der Waals surface area contributed by atoms with E-state index >= 15 is 0 Å². The molecule has 1 amide bonds. The van der Waals surface area contributed by atoms with Crippen molar-refractivity contribution in [3.05, 3.63) is 0 Å². The number of nitrogens with zero attached hydrogens (tertiary/aromatic N) is 1. The van der Waals surface area contributed by atoms with Crippen LogP contribution in [0.25, 0.3) is 0 Å². The molecule has 0 aliphatic rings. The predicted molar refractivity (Wildman–Crippen MR) is 93.4 cm³/mol. The van der Waals surface area contributed by atoms with Gasteiger partial charge in [0.15, 0.2) is 0 Å². The van der Waals surface area contributed by atoms with E-state index < -0.39 is 0 Å². The van der Waals surface area contributed by atoms with E-state index in [0.717, 1.165) is 6.54 Å². The van der Waals surface area contributed by atoms with Crippen LogP contribution in [0.15, 0.2) is 0 Å². The molecule has 0 spiro atoms. The first kappa shape index (κ1) is 22.6. The molecule has 0 saturated heterocycles. The topological polar surface area (TPSA) is 69.3 Å². The van der Waals surface area contributed by atoms with Gasteiger partial charge >= 0.3 is 0 Å². The number of likely N-dealkylation sites (N-methyl/N-ethyl adjacent to an activating group) is 1. The molecule has 0 bridgehead atoms. The third kappa shape index (κ3) is 17.8. The summed E-state index contributed by atoms with van der Waals surface area (Å²) in [5, 5.41) is 3.01. The van der Waals surface area contributed by atoms with Gasteiger partial charge in [0, 0.05) is 26.2 Å². The smallest absolute Gasteiger partial charge is 0.278 e. The molecule has 0 aliphatic carbocycles. The number of hydrogen-bond acceptors (Lipinski definition) is 6. The van der Waals surface area contributed by atoms with Crippen molar-refractivity contribution >= 4 is 17.9 Å². The molecule has 0 fully saturated rings. The van der Waals surface area contributed by atoms with E-state index in [-0.39, 0.29) is 5.24 Å². The van der Waals surface area contributed by atoms with Crippen molar-refractivity contribution < 1.29 is 23.7 Å². The SMILES string of the molecule is CC(C)NCCOCCOCCOCCOCCN(C)C(=O)S. The zero-order valence-corrected chi connectivity index (χ0v) is 15.5. The average molecular weight is 352 g/mol. The maximum absolute atomic E-state index is 10.8. The molecule has 1 N–H and O–H groups in total. The van der Waals surface area contributed by atoms with Crippen molar-refractivity contribution in [2.24, 2.45) is 0 Å². The van der Waals surface area contributed by atoms with Gasteiger partial charge in [0.1, 0.15) is 0 Å². The number of hydrogen-bond donors (Lipinski definition) is 2. The van der Waals surface area contributed by atoms with Gasteiger partial charge in [-0.2, -0.15) is 0 Å². The molecule has 0 atom stereocenters. The molecular formula is C15H32N2O5S. The lowest BCUT2D eigenvalue weighted by Crippen LogP contribution is -2.27. The highest BCUT2D eigenvalue weighted by Gasteiger charge is 2.01. The van der Waals surface area contributed by atoms with Crippen LogP contribution in [0.3, 0.4) is 0 Å². The first-order valence-electron chi connectivity index (χ1n) is 8.02. The summed E-state index contributed by atoms with van der Waals surface area (Å²) in [6, 6.07) is 0.488. The lowest BCUT2D eigenvalue weighted by Gasteiger charge is -2.13. The fourth-order valence-electron chi connectivity index (χ4n) is 1.48. The normalized spacial score (nSPS) is 11.2. The predicted octanol–water partition coefficient (Wildman–Crippen LogP) is 1.03. The quantitative estimate of drug-likeness (QED) is 0.319. The van der Waals surface area contributed by atoms with Crippen molar-refractivity contribution in [1.82, 2.24) is 10.2 Å². The molecule has 138 valence electrons. The molecule has 0 aromatic rings. The van der Waals surface area contributed by atoms with Crippen LogP contribution < -0.4 is 5.32 Å². The molecule has 23 heavy (non-hydrogen) atoms. The Labute approximate surface area is 145 Å². The van der Waals surface area contributed by atoms with E-state index in [2.05, 4.69) is 31.8 Å². The van der Waals surface area contributed by atoms with E-state index in [9.17, 15) is 4.79 Å². The van der Waals surface area contributed by atoms with E-state index in [1.165, 1.54) is 4.90 Å². The summed E-state index contributed by atoms with van der Waals surface area (Å²) in [7, 11) is 1.68. The number of amides is 1. The van der Waals surface area contributed by atoms with Gasteiger partial charge in [-0.3, -0.25) is 4.79 Å². The molecule has 0 radical (unpaired) electrons. The molecule has 0 unspecified atom stereocenters. The van der Waals surface area contributed by atoms with Crippen LogP contribution >= 0.6 is 12.6 Å². The van der Waals surface area contributed by atoms with Crippen LogP contribution in [0, 0.1) is 0 Å². The first-order valence-corrected chi connectivity index (χ1v) is 8.47. The minimum Gasteiger partial charge on any atom is -0.378 e. The van der Waals surface area contributed by atoms with E-state index in [0.29, 0.717) is 65.4 Å². The van der Waals surface area contributed by atoms with Gasteiger partial charge in [0.2, 0.25) is 0 Å². The number of nitrogens with one attached hydrogen (secondary N) is 1. The van der Waals surface area contributed by atoms with Gasteiger partial charge in [-0.15, -0.1) is 0 Å². The van der Waals surface area contributed by atoms with Crippen LogP contribution in [0.1, 0.15) is 13.8 Å². The van der Waals surface area contributed by atoms with Crippen LogP contribution in [0.5, 0.6) is 0 Å². The van der Waals surface area contributed by atoms with Crippen LogP contribution in [0.4, 0.5) is 4.79 Å². The Kier molecular flexibility index (Phi) is 16.2. The standard InChI is InChI=1S/C15H32N2O5S/c1-14(2)16-4-6-19-8-10-21-12-13-22-11-9-20-7-5-17(3)15(18)23/h14,16H,4-13H2,1-3H3,(H,18,23). The third-order valence-electron chi connectivity index (χ3n) is 2.81. The molecule has 0 rings (SSSR count). The monoisotopic (exact) mass is 352 g/mol. The highest BCUT2D eigenvalue weighted by atomic mass is 32.1. The summed E-state index contributed by atoms with van der Waals surface area (Å²) in [5.74, 6) is 0. The Hall–Kier alpha value is -0.380. The Bertz CT molecular complexity index is 283. The lowest BCUT2D eigenvalue weighted by atomic mass is 10.4. The van der Waals surface area contributed by atoms with Crippen molar-refractivity contribution in [1.29, 1.82) is 0 Å². The number of carbonyl (C=O) groups excluding carboxylic acids is 1. The van der Waals surface area contributed by atoms with Crippen molar-refractivity contribution in [3.8, 4) is 0 Å². The van der Waals surface area contributed by atoms with Gasteiger partial charge in [-0.05, 0) is 0 Å². The summed E-state index contributed by atoms with van der Waals surface area (Å²) in [6.45, 7) is 10.0. The van der Waals surface area contributed by atoms with Crippen LogP contribution in [-0.2, 0) is 18.9 Å². The second kappa shape index (κ2) is 16.5. The van der Waals surface area contributed by atoms with Crippen molar-refractivity contribution in [2.75, 3.05) is 73.0 Å². The maximum atomic E-state index is 10.8. The molecular weight excluding hydrogens is 320 g/mol. The van der Waals surface area contributed by atoms with Crippen molar-refractivity contribution in [3.63, 3.8) is 0 Å². The largest absolute Gasteiger partial charge is 0.378 e. The van der Waals surface area contributed by atoms with Gasteiger partial charge in [0.05, 0.1) is 52.9 Å². The van der Waals surface area contributed by atoms with E-state index in [1.54, 1.807) is 7.05 Å². The fourth-order valence-corrected chi connectivity index (χ4v) is 1.58. The molecule has 0 aliphatic heterocycles. The summed E-state index contributed by atoms with van der Waals surface area (Å²) in [5.41, 5.74) is 0. The summed E-state index contributed by atoms with van der Waals surface area (Å²) in [4.78, 5) is 12.3. The molecule has 0 aromatic heterocycles. The zero-order chi connectivity index (χ0) is 17.3. The first-order chi connectivity index (χ1) is 11.0. The average Bonchev–Trinajstić information content (AvgIpc) is 2.50. The Morgan fingerprint density at radius 1 is 0.913 bits per heavy atom. The van der Waals surface area contributed by atoms with Gasteiger partial charge < -0.3 is 29.2 Å². The van der Waals surface area contributed by atoms with E-state index in [1.807, 2.05) is 0 Å². The number of ether oxygens (including phenoxy) is 4. The zero-order valence-electron chi connectivity index (χ0n) is 14.6. The van der Waals surface area contributed by atoms with Gasteiger partial charge in [-0.25, -0.2) is 0 Å². The highest BCUT2D eigenvalue weighted by molar-refractivity contribution is 7.96. The Balaban J connectivity index is 3.07. The van der Waals surface area contributed by atoms with Crippen molar-refractivity contribution in [2.45, 2.75) is 19.9 Å². The second-order valence-electron chi connectivity index (χ2n) is 5.26. The maximum Gasteiger partial charge on any atom is 0.278 e. The number of rotatable bonds is 16. The molecule has 0 aromatic carbocycles. The highest BCUT2D eigenvalue weighted by Crippen LogP contribution is 1.91. The minimum absolute atomic E-state index is 0.262. The molecule has 7 nitrogen and oxygen atoms in total. The van der Waals surface area contributed by atoms with Crippen LogP contribution in [0.2, 0.25) is 0 Å². The Morgan fingerprint density at radius 3 is 1.78 bits per heavy atom. The summed E-state index contributed by atoms with van der Waals surface area (Å²) < 4.78 is 21.5. The van der Waals surface area contributed by atoms with Gasteiger partial charge in [0.25, 0.3) is 5.24 Å². The van der Waals surface area contributed by atoms with Gasteiger partial charge in [-0.1, -0.05) is 26.5 Å². The summed E-state index contributed by atoms with van der Waals surface area (Å²) in [6.07, 6.45) is 0. The Morgan fingerprint density at radius 2 is 1.35 bits per heavy atom. The number of carbonyl (C=O) groups is 1. The summed E-state index contributed by atoms with van der Waals surface area (Å²) >= 11 is 3.70. The third-order valence-corrected chi connectivity index (χ3v) is 3.15. The van der Waals surface area contributed by atoms with Crippen LogP contribution in [-0.4, -0.2) is 89.2 Å². The molecule has 0 heterocycles. The minimum atomic E-state index is -0.262. The van der Waals surface area contributed by atoms with E-state index in [4.69, 9.17) is 18.9 Å². The molecule has 0 saturated carbocycles. The number of thiol groups is 1. The molecule has 8 heteroatoms. The second-order valence-corrected chi connectivity index (χ2v) is 5.65. The lowest BCUT2D eigenvalue weighted by molar-refractivity contribution is -0.00231. The fraction of sp³-hybridized carbons (Fsp3) is 0.933.